The third kappa shape index (κ3) is 2.44. The second-order valence-electron chi connectivity index (χ2n) is 5.03. The quantitative estimate of drug-likeness (QED) is 0.795. The Bertz CT molecular complexity index is 819. The smallest absolute Gasteiger partial charge is 0.271 e. The summed E-state index contributed by atoms with van der Waals surface area (Å²) in [6, 6.07) is 3.68. The van der Waals surface area contributed by atoms with E-state index in [0.29, 0.717) is 11.6 Å². The van der Waals surface area contributed by atoms with Gasteiger partial charge in [0.1, 0.15) is 0 Å². The number of pyridine rings is 1. The molecular weight excluding hydrogens is 266 g/mol. The van der Waals surface area contributed by atoms with Gasteiger partial charge in [0.05, 0.1) is 5.69 Å². The predicted octanol–water partition coefficient (Wildman–Crippen LogP) is 2.13. The molecule has 0 amide bonds. The van der Waals surface area contributed by atoms with Gasteiger partial charge in [0.15, 0.2) is 5.82 Å². The molecule has 3 aromatic heterocycles. The van der Waals surface area contributed by atoms with Crippen molar-refractivity contribution in [1.82, 2.24) is 24.6 Å². The molecule has 0 radical (unpaired) electrons. The molecule has 1 N–H and O–H groups in total. The molecular formula is C15H17N5O. The van der Waals surface area contributed by atoms with Crippen LogP contribution in [0.4, 0.5) is 0 Å². The lowest BCUT2D eigenvalue weighted by Gasteiger charge is -2.03. The fourth-order valence-corrected chi connectivity index (χ4v) is 2.33. The van der Waals surface area contributed by atoms with E-state index < -0.39 is 0 Å². The van der Waals surface area contributed by atoms with E-state index in [2.05, 4.69) is 27.0 Å². The van der Waals surface area contributed by atoms with Gasteiger partial charge in [-0.25, -0.2) is 4.98 Å². The lowest BCUT2D eigenvalue weighted by atomic mass is 10.1. The second-order valence-corrected chi connectivity index (χ2v) is 5.03. The molecule has 0 aliphatic rings. The van der Waals surface area contributed by atoms with Gasteiger partial charge in [-0.1, -0.05) is 13.3 Å². The van der Waals surface area contributed by atoms with E-state index in [0.717, 1.165) is 36.1 Å². The Balaban J connectivity index is 2.14. The van der Waals surface area contributed by atoms with Crippen molar-refractivity contribution in [3.8, 4) is 11.4 Å². The van der Waals surface area contributed by atoms with Crippen LogP contribution in [0.1, 0.15) is 31.0 Å². The number of H-pyrrole nitrogens is 1. The largest absolute Gasteiger partial charge is 0.277 e. The number of aryl methyl sites for hydroxylation is 1. The Morgan fingerprint density at radius 1 is 1.24 bits per heavy atom. The molecule has 3 heterocycles. The highest BCUT2D eigenvalue weighted by molar-refractivity contribution is 5.55. The van der Waals surface area contributed by atoms with Gasteiger partial charge >= 0.3 is 0 Å². The van der Waals surface area contributed by atoms with Crippen molar-refractivity contribution in [2.24, 2.45) is 0 Å². The van der Waals surface area contributed by atoms with E-state index in [1.54, 1.807) is 12.4 Å². The Kier molecular flexibility index (Phi) is 3.51. The van der Waals surface area contributed by atoms with Crippen molar-refractivity contribution in [2.45, 2.75) is 33.1 Å². The third-order valence-electron chi connectivity index (χ3n) is 3.53. The van der Waals surface area contributed by atoms with Crippen LogP contribution in [0.5, 0.6) is 0 Å². The minimum atomic E-state index is -0.0567. The maximum Gasteiger partial charge on any atom is 0.277 e. The lowest BCUT2D eigenvalue weighted by molar-refractivity contribution is 0.759. The normalized spacial score (nSPS) is 11.1. The Morgan fingerprint density at radius 3 is 2.71 bits per heavy atom. The molecule has 0 fully saturated rings. The lowest BCUT2D eigenvalue weighted by Crippen LogP contribution is -2.22. The number of hydrogen-bond donors (Lipinski definition) is 1. The van der Waals surface area contributed by atoms with Gasteiger partial charge in [-0.2, -0.15) is 9.50 Å². The van der Waals surface area contributed by atoms with Crippen molar-refractivity contribution in [2.75, 3.05) is 0 Å². The maximum atomic E-state index is 12.5. The van der Waals surface area contributed by atoms with Gasteiger partial charge in [0.2, 0.25) is 0 Å². The summed E-state index contributed by atoms with van der Waals surface area (Å²) in [5, 5.41) is 3.03. The molecule has 6 heteroatoms. The van der Waals surface area contributed by atoms with Gasteiger partial charge in [0.25, 0.3) is 11.3 Å². The van der Waals surface area contributed by atoms with Crippen LogP contribution < -0.4 is 5.56 Å². The van der Waals surface area contributed by atoms with Crippen LogP contribution in [0.2, 0.25) is 0 Å². The number of hydrogen-bond acceptors (Lipinski definition) is 4. The monoisotopic (exact) mass is 283 g/mol. The summed E-state index contributed by atoms with van der Waals surface area (Å²) in [4.78, 5) is 25.4. The average Bonchev–Trinajstić information content (AvgIpc) is 2.92. The predicted molar refractivity (Wildman–Crippen MR) is 80.2 cm³/mol. The molecule has 0 bridgehead atoms. The van der Waals surface area contributed by atoms with Crippen LogP contribution in [0.25, 0.3) is 17.2 Å². The highest BCUT2D eigenvalue weighted by Crippen LogP contribution is 2.14. The molecule has 21 heavy (non-hydrogen) atoms. The first-order chi connectivity index (χ1) is 10.2. The molecule has 3 rings (SSSR count). The molecule has 108 valence electrons. The van der Waals surface area contributed by atoms with E-state index in [4.69, 9.17) is 0 Å². The van der Waals surface area contributed by atoms with Crippen LogP contribution >= 0.6 is 0 Å². The van der Waals surface area contributed by atoms with Crippen LogP contribution in [0.15, 0.2) is 29.3 Å². The zero-order chi connectivity index (χ0) is 14.8. The summed E-state index contributed by atoms with van der Waals surface area (Å²) in [6.07, 6.45) is 6.16. The summed E-state index contributed by atoms with van der Waals surface area (Å²) in [6.45, 7) is 3.98. The highest BCUT2D eigenvalue weighted by Gasteiger charge is 2.13. The Labute approximate surface area is 121 Å². The molecule has 0 saturated heterocycles. The van der Waals surface area contributed by atoms with Gasteiger partial charge in [0, 0.05) is 23.5 Å². The first-order valence-corrected chi connectivity index (χ1v) is 7.09. The summed E-state index contributed by atoms with van der Waals surface area (Å²) >= 11 is 0. The minimum Gasteiger partial charge on any atom is -0.271 e. The van der Waals surface area contributed by atoms with Crippen LogP contribution in [-0.4, -0.2) is 24.6 Å². The highest BCUT2D eigenvalue weighted by atomic mass is 16.1. The minimum absolute atomic E-state index is 0.0567. The van der Waals surface area contributed by atoms with Crippen molar-refractivity contribution in [1.29, 1.82) is 0 Å². The third-order valence-corrected chi connectivity index (χ3v) is 3.53. The Hall–Kier alpha value is -2.50. The molecule has 3 aromatic rings. The zero-order valence-electron chi connectivity index (χ0n) is 12.1. The van der Waals surface area contributed by atoms with E-state index in [9.17, 15) is 4.79 Å². The van der Waals surface area contributed by atoms with Gasteiger partial charge in [-0.05, 0) is 31.9 Å². The summed E-state index contributed by atoms with van der Waals surface area (Å²) in [5.41, 5.74) is 2.35. The fourth-order valence-electron chi connectivity index (χ4n) is 2.33. The summed E-state index contributed by atoms with van der Waals surface area (Å²) in [7, 11) is 0. The Morgan fingerprint density at radius 2 is 2.00 bits per heavy atom. The average molecular weight is 283 g/mol. The first kappa shape index (κ1) is 13.5. The second kappa shape index (κ2) is 5.47. The van der Waals surface area contributed by atoms with E-state index in [1.807, 2.05) is 19.1 Å². The van der Waals surface area contributed by atoms with Crippen molar-refractivity contribution in [3.05, 3.63) is 46.1 Å². The fraction of sp³-hybridized carbons (Fsp3) is 0.333. The number of fused-ring (bicyclic) bond motifs is 1. The molecule has 6 nitrogen and oxygen atoms in total. The number of aromatic amines is 1. The van der Waals surface area contributed by atoms with Gasteiger partial charge in [-0.3, -0.25) is 14.9 Å². The number of unbranched alkanes of at least 4 members (excludes halogenated alkanes) is 1. The standard InChI is InChI=1S/C15H17N5O/c1-3-4-5-12-10(2)17-15-18-13(19-20(15)14(12)21)11-6-8-16-9-7-11/h6-9H,3-5H2,1-2H3,(H,17,18,19). The first-order valence-electron chi connectivity index (χ1n) is 7.09. The zero-order valence-corrected chi connectivity index (χ0v) is 12.1. The van der Waals surface area contributed by atoms with Crippen LogP contribution in [0.3, 0.4) is 0 Å². The number of nitrogens with zero attached hydrogens (tertiary/aromatic N) is 4. The molecule has 0 saturated carbocycles. The van der Waals surface area contributed by atoms with Gasteiger partial charge < -0.3 is 0 Å². The summed E-state index contributed by atoms with van der Waals surface area (Å²) in [5.74, 6) is 1.03. The molecule has 0 aliphatic carbocycles. The van der Waals surface area contributed by atoms with Crippen molar-refractivity contribution < 1.29 is 0 Å². The molecule has 0 aliphatic heterocycles. The summed E-state index contributed by atoms with van der Waals surface area (Å²) < 4.78 is 1.42. The van der Waals surface area contributed by atoms with Gasteiger partial charge in [-0.15, -0.1) is 0 Å². The molecule has 0 spiro atoms. The number of rotatable bonds is 4. The van der Waals surface area contributed by atoms with E-state index >= 15 is 0 Å². The molecule has 0 atom stereocenters. The van der Waals surface area contributed by atoms with Crippen molar-refractivity contribution >= 4 is 5.78 Å². The van der Waals surface area contributed by atoms with Crippen LogP contribution in [-0.2, 0) is 6.42 Å². The SMILES string of the molecule is CCCCc1c(C)nc2nc(-c3ccncc3)[nH]n2c1=O. The number of aromatic nitrogens is 5. The number of nitrogens with one attached hydrogen (secondary N) is 1. The van der Waals surface area contributed by atoms with Crippen molar-refractivity contribution in [3.63, 3.8) is 0 Å². The molecule has 0 aromatic carbocycles. The topological polar surface area (TPSA) is 75.9 Å². The van der Waals surface area contributed by atoms with Crippen LogP contribution in [0, 0.1) is 6.92 Å². The molecule has 0 unspecified atom stereocenters. The van der Waals surface area contributed by atoms with E-state index in [-0.39, 0.29) is 5.56 Å². The maximum absolute atomic E-state index is 12.5. The van der Waals surface area contributed by atoms with E-state index in [1.165, 1.54) is 4.52 Å².